The van der Waals surface area contributed by atoms with Gasteiger partial charge < -0.3 is 14.5 Å². The van der Waals surface area contributed by atoms with Gasteiger partial charge in [-0.2, -0.15) is 0 Å². The van der Waals surface area contributed by atoms with Crippen LogP contribution in [-0.2, 0) is 27.8 Å². The van der Waals surface area contributed by atoms with Gasteiger partial charge in [-0.1, -0.05) is 36.4 Å². The van der Waals surface area contributed by atoms with Gasteiger partial charge in [0.05, 0.1) is 24.8 Å². The average molecular weight is 387 g/mol. The van der Waals surface area contributed by atoms with Gasteiger partial charge in [0.1, 0.15) is 12.2 Å². The molecule has 0 spiro atoms. The van der Waals surface area contributed by atoms with Crippen molar-refractivity contribution in [2.75, 3.05) is 11.0 Å². The molecule has 141 valence electrons. The summed E-state index contributed by atoms with van der Waals surface area (Å²) in [7, 11) is -3.42. The number of furan rings is 1. The van der Waals surface area contributed by atoms with E-state index in [1.54, 1.807) is 37.1 Å². The Morgan fingerprint density at radius 3 is 2.67 bits per heavy atom. The van der Waals surface area contributed by atoms with Gasteiger partial charge in [0.25, 0.3) is 0 Å². The predicted molar refractivity (Wildman–Crippen MR) is 102 cm³/mol. The topological polar surface area (TPSA) is 97.6 Å². The zero-order valence-corrected chi connectivity index (χ0v) is 15.5. The Bertz CT molecular complexity index is 1040. The first-order chi connectivity index (χ1) is 12.9. The van der Waals surface area contributed by atoms with Crippen molar-refractivity contribution in [3.63, 3.8) is 0 Å². The molecule has 0 aliphatic carbocycles. The highest BCUT2D eigenvalue weighted by Crippen LogP contribution is 2.21. The van der Waals surface area contributed by atoms with Crippen LogP contribution >= 0.6 is 0 Å². The van der Waals surface area contributed by atoms with Crippen molar-refractivity contribution in [1.29, 1.82) is 0 Å². The number of nitrogens with one attached hydrogen (secondary N) is 2. The Kier molecular flexibility index (Phi) is 5.66. The van der Waals surface area contributed by atoms with E-state index in [1.807, 2.05) is 24.3 Å². The highest BCUT2D eigenvalue weighted by molar-refractivity contribution is 7.92. The van der Waals surface area contributed by atoms with Gasteiger partial charge in [0.15, 0.2) is 0 Å². The smallest absolute Gasteiger partial charge is 0.407 e. The molecule has 1 amide bonds. The molecule has 2 aromatic carbocycles. The lowest BCUT2D eigenvalue weighted by atomic mass is 10.1. The maximum absolute atomic E-state index is 11.9. The second kappa shape index (κ2) is 8.13. The first-order valence-electron chi connectivity index (χ1n) is 8.18. The van der Waals surface area contributed by atoms with Crippen molar-refractivity contribution in [3.8, 4) is 0 Å². The summed E-state index contributed by atoms with van der Waals surface area (Å²) in [5.74, 6) is 0. The molecule has 1 aromatic heterocycles. The number of fused-ring (bicyclic) bond motifs is 1. The van der Waals surface area contributed by atoms with Crippen LogP contribution in [0.25, 0.3) is 11.0 Å². The first kappa shape index (κ1) is 18.8. The molecule has 0 aliphatic rings. The van der Waals surface area contributed by atoms with E-state index in [0.717, 1.165) is 22.8 Å². The highest BCUT2D eigenvalue weighted by atomic mass is 32.2. The number of hydrogen-bond donors (Lipinski definition) is 2. The molecule has 3 aromatic rings. The van der Waals surface area contributed by atoms with Crippen LogP contribution in [0.2, 0.25) is 0 Å². The molecule has 0 unspecified atom stereocenters. The van der Waals surface area contributed by atoms with E-state index in [9.17, 15) is 13.2 Å². The van der Waals surface area contributed by atoms with E-state index in [4.69, 9.17) is 9.15 Å². The van der Waals surface area contributed by atoms with E-state index < -0.39 is 16.1 Å². The van der Waals surface area contributed by atoms with Crippen LogP contribution in [-0.4, -0.2) is 20.8 Å². The Morgan fingerprint density at radius 1 is 1.11 bits per heavy atom. The van der Waals surface area contributed by atoms with Crippen LogP contribution in [0.4, 0.5) is 10.5 Å². The van der Waals surface area contributed by atoms with Gasteiger partial charge in [-0.3, -0.25) is 4.72 Å². The van der Waals surface area contributed by atoms with Crippen molar-refractivity contribution in [2.45, 2.75) is 13.0 Å². The second-order valence-electron chi connectivity index (χ2n) is 5.92. The molecule has 7 nitrogen and oxygen atoms in total. The summed E-state index contributed by atoms with van der Waals surface area (Å²) < 4.78 is 35.8. The molecule has 2 N–H and O–H groups in total. The highest BCUT2D eigenvalue weighted by Gasteiger charge is 2.10. The maximum atomic E-state index is 11.9. The number of anilines is 1. The number of hydrogen-bond acceptors (Lipinski definition) is 5. The molecule has 1 heterocycles. The monoisotopic (exact) mass is 387 g/mol. The molecule has 0 saturated carbocycles. The number of ether oxygens (including phenoxy) is 1. The molecule has 1 radical (unpaired) electrons. The lowest BCUT2D eigenvalue weighted by Crippen LogP contribution is -2.22. The van der Waals surface area contributed by atoms with E-state index in [-0.39, 0.29) is 6.61 Å². The van der Waals surface area contributed by atoms with Crippen molar-refractivity contribution < 1.29 is 22.4 Å². The summed E-state index contributed by atoms with van der Waals surface area (Å²) in [6.45, 7) is 1.52. The fourth-order valence-electron chi connectivity index (χ4n) is 2.57. The van der Waals surface area contributed by atoms with E-state index >= 15 is 0 Å². The number of amides is 1. The lowest BCUT2D eigenvalue weighted by Gasteiger charge is -2.11. The lowest BCUT2D eigenvalue weighted by molar-refractivity contribution is 0.142. The number of alkyl carbamates (subject to hydrolysis) is 1. The van der Waals surface area contributed by atoms with Gasteiger partial charge >= 0.3 is 6.09 Å². The number of rotatable bonds is 7. The van der Waals surface area contributed by atoms with Crippen LogP contribution in [0.5, 0.6) is 0 Å². The second-order valence-corrected chi connectivity index (χ2v) is 7.67. The van der Waals surface area contributed by atoms with Crippen LogP contribution in [0.15, 0.2) is 59.2 Å². The van der Waals surface area contributed by atoms with Gasteiger partial charge in [0.2, 0.25) is 10.0 Å². The molecule has 3 rings (SSSR count). The first-order valence-corrected chi connectivity index (χ1v) is 10.1. The summed E-state index contributed by atoms with van der Waals surface area (Å²) in [6, 6.07) is 14.4. The normalized spacial score (nSPS) is 11.3. The van der Waals surface area contributed by atoms with Gasteiger partial charge in [-0.25, -0.2) is 13.2 Å². The Balaban J connectivity index is 1.50. The molecule has 27 heavy (non-hydrogen) atoms. The summed E-state index contributed by atoms with van der Waals surface area (Å²) in [6.07, 6.45) is 2.57. The molecule has 0 atom stereocenters. The SMILES string of the molecule is CS(=O)(=O)Nc1ccccc1COC(=O)N[CH]Cc1coc2ccccc12. The summed E-state index contributed by atoms with van der Waals surface area (Å²) in [4.78, 5) is 11.9. The third kappa shape index (κ3) is 5.24. The van der Waals surface area contributed by atoms with E-state index in [1.165, 1.54) is 0 Å². The van der Waals surface area contributed by atoms with Gasteiger partial charge in [-0.05, 0) is 18.6 Å². The Labute approximate surface area is 157 Å². The standard InChI is InChI=1S/C19H19N2O5S/c1-27(23,24)21-17-8-4-2-6-15(17)13-26-19(22)20-11-10-14-12-25-18-9-5-3-7-16(14)18/h2-9,11-12,21H,10,13H2,1H3,(H,20,22). The van der Waals surface area contributed by atoms with E-state index in [0.29, 0.717) is 17.7 Å². The van der Waals surface area contributed by atoms with Crippen molar-refractivity contribution >= 4 is 32.8 Å². The average Bonchev–Trinajstić information content (AvgIpc) is 3.03. The minimum Gasteiger partial charge on any atom is -0.464 e. The number of benzene rings is 2. The molecule has 8 heteroatoms. The Morgan fingerprint density at radius 2 is 1.85 bits per heavy atom. The fourth-order valence-corrected chi connectivity index (χ4v) is 3.16. The number of para-hydroxylation sites is 2. The molecular formula is C19H19N2O5S. The molecule has 0 bridgehead atoms. The zero-order valence-electron chi connectivity index (χ0n) is 14.6. The Hall–Kier alpha value is -3.00. The molecule has 0 saturated heterocycles. The minimum absolute atomic E-state index is 0.0625. The largest absolute Gasteiger partial charge is 0.464 e. The number of carbonyl (C=O) groups is 1. The molecular weight excluding hydrogens is 368 g/mol. The van der Waals surface area contributed by atoms with Gasteiger partial charge in [0, 0.05) is 16.5 Å². The van der Waals surface area contributed by atoms with Crippen molar-refractivity contribution in [1.82, 2.24) is 5.32 Å². The maximum Gasteiger partial charge on any atom is 0.407 e. The predicted octanol–water partition coefficient (Wildman–Crippen LogP) is 3.43. The van der Waals surface area contributed by atoms with Gasteiger partial charge in [-0.15, -0.1) is 0 Å². The molecule has 0 fully saturated rings. The van der Waals surface area contributed by atoms with E-state index in [2.05, 4.69) is 10.0 Å². The van der Waals surface area contributed by atoms with Crippen molar-refractivity contribution in [2.24, 2.45) is 0 Å². The van der Waals surface area contributed by atoms with Crippen LogP contribution in [0.3, 0.4) is 0 Å². The number of sulfonamides is 1. The third-order valence-corrected chi connectivity index (χ3v) is 4.37. The summed E-state index contributed by atoms with van der Waals surface area (Å²) >= 11 is 0. The fraction of sp³-hybridized carbons (Fsp3) is 0.158. The van der Waals surface area contributed by atoms with Crippen molar-refractivity contribution in [3.05, 3.63) is 72.5 Å². The summed E-state index contributed by atoms with van der Waals surface area (Å²) in [5, 5.41) is 3.55. The zero-order chi connectivity index (χ0) is 19.3. The minimum atomic E-state index is -3.42. The molecule has 0 aliphatic heterocycles. The quantitative estimate of drug-likeness (QED) is 0.647. The van der Waals surface area contributed by atoms with Crippen LogP contribution < -0.4 is 10.0 Å². The third-order valence-electron chi connectivity index (χ3n) is 3.77. The number of carbonyl (C=O) groups excluding carboxylic acids is 1. The van der Waals surface area contributed by atoms with Crippen LogP contribution in [0, 0.1) is 6.54 Å². The van der Waals surface area contributed by atoms with Crippen LogP contribution in [0.1, 0.15) is 11.1 Å². The summed E-state index contributed by atoms with van der Waals surface area (Å²) in [5.41, 5.74) is 2.67.